The van der Waals surface area contributed by atoms with Crippen molar-refractivity contribution in [3.63, 3.8) is 0 Å². The number of rotatable bonds is 13. The topological polar surface area (TPSA) is 86.8 Å². The van der Waals surface area contributed by atoms with E-state index in [0.717, 1.165) is 29.0 Å². The quantitative estimate of drug-likeness (QED) is 0.417. The average molecular weight is 508 g/mol. The van der Waals surface area contributed by atoms with E-state index in [-0.39, 0.29) is 5.91 Å². The lowest BCUT2D eigenvalue weighted by molar-refractivity contribution is -0.139. The fraction of sp³-hybridized carbons (Fsp3) is 0.440. The minimum atomic E-state index is -3.75. The van der Waals surface area contributed by atoms with E-state index in [2.05, 4.69) is 5.32 Å². The minimum Gasteiger partial charge on any atom is -0.354 e. The Morgan fingerprint density at radius 2 is 1.68 bits per heavy atom. The van der Waals surface area contributed by atoms with Gasteiger partial charge in [0.05, 0.1) is 11.9 Å². The summed E-state index contributed by atoms with van der Waals surface area (Å²) < 4.78 is 26.1. The van der Waals surface area contributed by atoms with Crippen LogP contribution in [0.2, 0.25) is 5.02 Å². The zero-order valence-corrected chi connectivity index (χ0v) is 21.6. The molecule has 0 fully saturated rings. The smallest absolute Gasteiger partial charge is 0.244 e. The van der Waals surface area contributed by atoms with E-state index in [0.29, 0.717) is 36.6 Å². The number of benzene rings is 2. The number of hydrogen-bond donors (Lipinski definition) is 1. The van der Waals surface area contributed by atoms with E-state index in [4.69, 9.17) is 11.6 Å². The van der Waals surface area contributed by atoms with Crippen LogP contribution in [0.25, 0.3) is 0 Å². The summed E-state index contributed by atoms with van der Waals surface area (Å²) >= 11 is 5.95. The molecule has 2 amide bonds. The molecule has 1 atom stereocenters. The molecule has 2 aromatic carbocycles. The third-order valence-electron chi connectivity index (χ3n) is 5.49. The number of carbonyl (C=O) groups is 2. The molecule has 0 aromatic heterocycles. The number of nitrogens with one attached hydrogen (secondary N) is 1. The Labute approximate surface area is 208 Å². The maximum absolute atomic E-state index is 13.5. The van der Waals surface area contributed by atoms with E-state index >= 15 is 0 Å². The van der Waals surface area contributed by atoms with Gasteiger partial charge in [0, 0.05) is 18.1 Å². The summed E-state index contributed by atoms with van der Waals surface area (Å²) in [5.74, 6) is -0.663. The first kappa shape index (κ1) is 27.7. The number of nitrogens with zero attached hydrogens (tertiary/aromatic N) is 2. The number of anilines is 1. The predicted molar refractivity (Wildman–Crippen MR) is 137 cm³/mol. The fourth-order valence-electron chi connectivity index (χ4n) is 3.62. The Morgan fingerprint density at radius 3 is 2.24 bits per heavy atom. The van der Waals surface area contributed by atoms with Crippen LogP contribution in [0.4, 0.5) is 5.69 Å². The Balaban J connectivity index is 2.31. The second-order valence-electron chi connectivity index (χ2n) is 8.14. The zero-order valence-electron chi connectivity index (χ0n) is 20.0. The molecule has 2 rings (SSSR count). The highest BCUT2D eigenvalue weighted by atomic mass is 35.5. The van der Waals surface area contributed by atoms with Gasteiger partial charge in [-0.05, 0) is 49.1 Å². The van der Waals surface area contributed by atoms with E-state index in [1.807, 2.05) is 44.2 Å². The van der Waals surface area contributed by atoms with Crippen molar-refractivity contribution >= 4 is 39.1 Å². The van der Waals surface area contributed by atoms with Gasteiger partial charge in [-0.2, -0.15) is 0 Å². The third-order valence-corrected chi connectivity index (χ3v) is 6.89. The molecule has 0 aliphatic carbocycles. The standard InChI is InChI=1S/C25H34ClN3O4S/c1-4-6-17-27-25(31)23(5-2)28(18-16-20-10-8-7-9-11-20)24(30)19-29(34(3,32)33)22-14-12-21(26)13-15-22/h7-15,23H,4-6,16-19H2,1-3H3,(H,27,31). The average Bonchev–Trinajstić information content (AvgIpc) is 2.80. The molecule has 9 heteroatoms. The molecule has 1 unspecified atom stereocenters. The molecule has 0 heterocycles. The van der Waals surface area contributed by atoms with Crippen molar-refractivity contribution in [3.8, 4) is 0 Å². The largest absolute Gasteiger partial charge is 0.354 e. The molecule has 186 valence electrons. The zero-order chi connectivity index (χ0) is 25.1. The summed E-state index contributed by atoms with van der Waals surface area (Å²) in [5.41, 5.74) is 1.36. The first-order valence-corrected chi connectivity index (χ1v) is 13.7. The normalized spacial score (nSPS) is 12.1. The third kappa shape index (κ3) is 8.33. The summed E-state index contributed by atoms with van der Waals surface area (Å²) in [5, 5.41) is 3.37. The number of sulfonamides is 1. The van der Waals surface area contributed by atoms with Gasteiger partial charge in [0.2, 0.25) is 21.8 Å². The van der Waals surface area contributed by atoms with Crippen molar-refractivity contribution in [1.29, 1.82) is 0 Å². The first-order chi connectivity index (χ1) is 16.2. The van der Waals surface area contributed by atoms with Gasteiger partial charge in [-0.25, -0.2) is 8.42 Å². The highest BCUT2D eigenvalue weighted by Gasteiger charge is 2.31. The molecule has 1 N–H and O–H groups in total. The molecule has 0 aliphatic rings. The van der Waals surface area contributed by atoms with Crippen LogP contribution in [0.5, 0.6) is 0 Å². The second-order valence-corrected chi connectivity index (χ2v) is 10.5. The van der Waals surface area contributed by atoms with E-state index in [1.54, 1.807) is 24.3 Å². The summed E-state index contributed by atoms with van der Waals surface area (Å²) in [6.07, 6.45) is 3.80. The molecule has 0 aliphatic heterocycles. The Kier molecular flexibility index (Phi) is 10.9. The van der Waals surface area contributed by atoms with Crippen LogP contribution in [-0.2, 0) is 26.0 Å². The molecular weight excluding hydrogens is 474 g/mol. The minimum absolute atomic E-state index is 0.227. The van der Waals surface area contributed by atoms with Gasteiger partial charge in [-0.1, -0.05) is 62.2 Å². The van der Waals surface area contributed by atoms with Crippen LogP contribution in [0.3, 0.4) is 0 Å². The Hall–Kier alpha value is -2.58. The SMILES string of the molecule is CCCCNC(=O)C(CC)N(CCc1ccccc1)C(=O)CN(c1ccc(Cl)cc1)S(C)(=O)=O. The maximum atomic E-state index is 13.5. The summed E-state index contributed by atoms with van der Waals surface area (Å²) in [6.45, 7) is 4.30. The summed E-state index contributed by atoms with van der Waals surface area (Å²) in [7, 11) is -3.75. The van der Waals surface area contributed by atoms with Gasteiger partial charge in [0.25, 0.3) is 0 Å². The van der Waals surface area contributed by atoms with Crippen molar-refractivity contribution in [2.75, 3.05) is 30.2 Å². The predicted octanol–water partition coefficient (Wildman–Crippen LogP) is 3.87. The lowest BCUT2D eigenvalue weighted by atomic mass is 10.1. The van der Waals surface area contributed by atoms with Gasteiger partial charge in [-0.15, -0.1) is 0 Å². The van der Waals surface area contributed by atoms with E-state index < -0.39 is 28.5 Å². The van der Waals surface area contributed by atoms with Crippen molar-refractivity contribution < 1.29 is 18.0 Å². The monoisotopic (exact) mass is 507 g/mol. The fourth-order valence-corrected chi connectivity index (χ4v) is 4.60. The van der Waals surface area contributed by atoms with Crippen LogP contribution in [0.1, 0.15) is 38.7 Å². The number of carbonyl (C=O) groups excluding carboxylic acids is 2. The number of hydrogen-bond acceptors (Lipinski definition) is 4. The van der Waals surface area contributed by atoms with Crippen molar-refractivity contribution in [3.05, 3.63) is 65.2 Å². The molecule has 0 saturated carbocycles. The molecular formula is C25H34ClN3O4S. The van der Waals surface area contributed by atoms with E-state index in [9.17, 15) is 18.0 Å². The number of halogens is 1. The molecule has 0 bridgehead atoms. The van der Waals surface area contributed by atoms with Gasteiger partial charge >= 0.3 is 0 Å². The second kappa shape index (κ2) is 13.3. The van der Waals surface area contributed by atoms with Gasteiger partial charge < -0.3 is 10.2 Å². The first-order valence-electron chi connectivity index (χ1n) is 11.5. The molecule has 2 aromatic rings. The lowest BCUT2D eigenvalue weighted by Crippen LogP contribution is -2.53. The molecule has 7 nitrogen and oxygen atoms in total. The van der Waals surface area contributed by atoms with Gasteiger partial charge in [0.15, 0.2) is 0 Å². The van der Waals surface area contributed by atoms with Crippen LogP contribution in [0, 0.1) is 0 Å². The maximum Gasteiger partial charge on any atom is 0.244 e. The van der Waals surface area contributed by atoms with Crippen molar-refractivity contribution in [1.82, 2.24) is 10.2 Å². The van der Waals surface area contributed by atoms with Crippen molar-refractivity contribution in [2.45, 2.75) is 45.6 Å². The summed E-state index contributed by atoms with van der Waals surface area (Å²) in [6, 6.07) is 15.2. The molecule has 0 saturated heterocycles. The number of unbranched alkanes of at least 4 members (excludes halogenated alkanes) is 1. The summed E-state index contributed by atoms with van der Waals surface area (Å²) in [4.78, 5) is 28.0. The van der Waals surface area contributed by atoms with Crippen LogP contribution in [0.15, 0.2) is 54.6 Å². The highest BCUT2D eigenvalue weighted by Crippen LogP contribution is 2.21. The Bertz CT molecular complexity index is 1030. The Morgan fingerprint density at radius 1 is 1.03 bits per heavy atom. The van der Waals surface area contributed by atoms with Crippen molar-refractivity contribution in [2.24, 2.45) is 0 Å². The van der Waals surface area contributed by atoms with Gasteiger partial charge in [0.1, 0.15) is 12.6 Å². The lowest BCUT2D eigenvalue weighted by Gasteiger charge is -2.32. The molecule has 34 heavy (non-hydrogen) atoms. The van der Waals surface area contributed by atoms with Crippen LogP contribution < -0.4 is 9.62 Å². The van der Waals surface area contributed by atoms with Crippen LogP contribution in [-0.4, -0.2) is 57.1 Å². The van der Waals surface area contributed by atoms with Crippen LogP contribution >= 0.6 is 11.6 Å². The number of amides is 2. The highest BCUT2D eigenvalue weighted by molar-refractivity contribution is 7.92. The van der Waals surface area contributed by atoms with Gasteiger partial charge in [-0.3, -0.25) is 13.9 Å². The molecule has 0 spiro atoms. The molecule has 0 radical (unpaired) electrons. The van der Waals surface area contributed by atoms with E-state index in [1.165, 1.54) is 4.90 Å².